The number of aliphatic hydroxyl groups excluding tert-OH is 4. The van der Waals surface area contributed by atoms with Crippen LogP contribution >= 0.6 is 0 Å². The molecule has 0 saturated carbocycles. The third kappa shape index (κ3) is 32.5. The first-order chi connectivity index (χ1) is 29.8. The molecule has 1 aliphatic rings. The van der Waals surface area contributed by atoms with E-state index < -0.39 is 55.4 Å². The van der Waals surface area contributed by atoms with Crippen LogP contribution in [0, 0.1) is 0 Å². The Morgan fingerprint density at radius 1 is 0.525 bits per heavy atom. The van der Waals surface area contributed by atoms with Gasteiger partial charge >= 0.3 is 11.9 Å². The summed E-state index contributed by atoms with van der Waals surface area (Å²) in [5.41, 5.74) is 0. The minimum atomic E-state index is -1.60. The Labute approximate surface area is 370 Å². The summed E-state index contributed by atoms with van der Waals surface area (Å²) in [5.74, 6) is -0.853. The summed E-state index contributed by atoms with van der Waals surface area (Å²) < 4.78 is 22.2. The predicted molar refractivity (Wildman–Crippen MR) is 247 cm³/mol. The van der Waals surface area contributed by atoms with E-state index in [1.807, 2.05) is 0 Å². The van der Waals surface area contributed by atoms with Crippen LogP contribution in [0.4, 0.5) is 0 Å². The molecule has 0 aromatic heterocycles. The highest BCUT2D eigenvalue weighted by Crippen LogP contribution is 2.22. The Morgan fingerprint density at radius 2 is 0.967 bits per heavy atom. The number of hydrogen-bond acceptors (Lipinski definition) is 10. The highest BCUT2D eigenvalue weighted by atomic mass is 16.7. The van der Waals surface area contributed by atoms with E-state index in [1.54, 1.807) is 0 Å². The molecule has 1 saturated heterocycles. The van der Waals surface area contributed by atoms with Crippen molar-refractivity contribution in [3.63, 3.8) is 0 Å². The van der Waals surface area contributed by atoms with E-state index in [9.17, 15) is 30.0 Å². The maximum Gasteiger partial charge on any atom is 0.306 e. The number of ether oxygens (including phenoxy) is 4. The van der Waals surface area contributed by atoms with Gasteiger partial charge < -0.3 is 39.4 Å². The molecule has 0 aliphatic carbocycles. The zero-order valence-corrected chi connectivity index (χ0v) is 38.1. The van der Waals surface area contributed by atoms with Gasteiger partial charge in [0.05, 0.1) is 13.2 Å². The smallest absolute Gasteiger partial charge is 0.306 e. The molecular formula is C51H86O10. The van der Waals surface area contributed by atoms with Crippen molar-refractivity contribution >= 4 is 11.9 Å². The first-order valence-corrected chi connectivity index (χ1v) is 24.0. The van der Waals surface area contributed by atoms with E-state index in [4.69, 9.17) is 18.9 Å². The first kappa shape index (κ1) is 56.2. The SMILES string of the molecule is CC/C=C/C/C=C/C/C=C/C/C=C/C/C=C/CCCCCC(=O)OC[C@@H](CO[C@H]1O[C@@H](CO)[C@@H](O)C(O)C1O)OC(=O)CCCCCCCCC/C=C/CCCCCCCC. The Balaban J connectivity index is 2.34. The van der Waals surface area contributed by atoms with Gasteiger partial charge in [0.15, 0.2) is 12.4 Å². The molecule has 6 atom stereocenters. The van der Waals surface area contributed by atoms with Crippen LogP contribution in [-0.2, 0) is 28.5 Å². The van der Waals surface area contributed by atoms with Crippen molar-refractivity contribution in [2.75, 3.05) is 19.8 Å². The Hall–Kier alpha value is -2.86. The van der Waals surface area contributed by atoms with Gasteiger partial charge in [-0.05, 0) is 83.5 Å². The molecular weight excluding hydrogens is 773 g/mol. The maximum absolute atomic E-state index is 12.8. The molecule has 2 unspecified atom stereocenters. The minimum Gasteiger partial charge on any atom is -0.462 e. The summed E-state index contributed by atoms with van der Waals surface area (Å²) in [6.45, 7) is 3.27. The van der Waals surface area contributed by atoms with Crippen molar-refractivity contribution in [1.29, 1.82) is 0 Å². The second-order valence-electron chi connectivity index (χ2n) is 16.2. The summed E-state index contributed by atoms with van der Waals surface area (Å²) in [6, 6.07) is 0. The van der Waals surface area contributed by atoms with Crippen LogP contribution in [-0.4, -0.2) is 89.0 Å². The van der Waals surface area contributed by atoms with Gasteiger partial charge in [0.2, 0.25) is 0 Å². The predicted octanol–water partition coefficient (Wildman–Crippen LogP) is 10.8. The van der Waals surface area contributed by atoms with Gasteiger partial charge in [0.1, 0.15) is 31.0 Å². The number of allylic oxidation sites excluding steroid dienone is 12. The van der Waals surface area contributed by atoms with Crippen LogP contribution in [0.1, 0.15) is 181 Å². The summed E-state index contributed by atoms with van der Waals surface area (Å²) in [6.07, 6.45) is 44.7. The number of hydrogen-bond donors (Lipinski definition) is 4. The average Bonchev–Trinajstić information content (AvgIpc) is 3.26. The summed E-state index contributed by atoms with van der Waals surface area (Å²) in [4.78, 5) is 25.4. The maximum atomic E-state index is 12.8. The van der Waals surface area contributed by atoms with E-state index in [-0.39, 0.29) is 26.1 Å². The lowest BCUT2D eigenvalue weighted by Gasteiger charge is -2.39. The van der Waals surface area contributed by atoms with Crippen molar-refractivity contribution < 1.29 is 49.0 Å². The molecule has 350 valence electrons. The quantitative estimate of drug-likeness (QED) is 0.0267. The van der Waals surface area contributed by atoms with Crippen molar-refractivity contribution in [3.8, 4) is 0 Å². The van der Waals surface area contributed by atoms with Crippen LogP contribution < -0.4 is 0 Å². The standard InChI is InChI=1S/C51H86O10/c1-3-5-7-9-11-13-15-17-19-21-22-24-25-27-29-31-33-35-37-39-46(53)58-42-44(43-59-51-50(57)49(56)48(55)45(41-52)61-51)60-47(54)40-38-36-34-32-30-28-26-23-20-18-16-14-12-10-8-6-4-2/h5,7,11,13,17-20,22,24,27,29,44-45,48-52,55-57H,3-4,6,8-10,12,14-16,21,23,25-26,28,30-43H2,1-2H3/b7-5+,13-11+,19-17+,20-18+,24-22+,29-27+/t44-,45-,48+,49?,50?,51-/m0/s1. The molecule has 61 heavy (non-hydrogen) atoms. The molecule has 0 radical (unpaired) electrons. The fraction of sp³-hybridized carbons (Fsp3) is 0.725. The van der Waals surface area contributed by atoms with Gasteiger partial charge in [0.25, 0.3) is 0 Å². The van der Waals surface area contributed by atoms with Crippen molar-refractivity contribution in [3.05, 3.63) is 72.9 Å². The molecule has 4 N–H and O–H groups in total. The van der Waals surface area contributed by atoms with Gasteiger partial charge in [-0.1, -0.05) is 157 Å². The Bertz CT molecular complexity index is 1220. The normalized spacial score (nSPS) is 20.4. The van der Waals surface area contributed by atoms with Crippen LogP contribution in [0.25, 0.3) is 0 Å². The first-order valence-electron chi connectivity index (χ1n) is 24.0. The fourth-order valence-electron chi connectivity index (χ4n) is 6.80. The molecule has 1 rings (SSSR count). The van der Waals surface area contributed by atoms with Crippen LogP contribution in [0.5, 0.6) is 0 Å². The lowest BCUT2D eigenvalue weighted by Crippen LogP contribution is -2.59. The molecule has 0 aromatic rings. The molecule has 0 bridgehead atoms. The minimum absolute atomic E-state index is 0.214. The summed E-state index contributed by atoms with van der Waals surface area (Å²) >= 11 is 0. The topological polar surface area (TPSA) is 152 Å². The lowest BCUT2D eigenvalue weighted by atomic mass is 9.99. The molecule has 1 heterocycles. The Kier molecular flexibility index (Phi) is 37.9. The van der Waals surface area contributed by atoms with Gasteiger partial charge in [0, 0.05) is 12.8 Å². The second kappa shape index (κ2) is 41.2. The largest absolute Gasteiger partial charge is 0.462 e. The number of esters is 2. The summed E-state index contributed by atoms with van der Waals surface area (Å²) in [7, 11) is 0. The molecule has 1 fully saturated rings. The fourth-order valence-corrected chi connectivity index (χ4v) is 6.80. The lowest BCUT2D eigenvalue weighted by molar-refractivity contribution is -0.305. The molecule has 10 nitrogen and oxygen atoms in total. The number of carbonyl (C=O) groups is 2. The van der Waals surface area contributed by atoms with Crippen LogP contribution in [0.3, 0.4) is 0 Å². The second-order valence-corrected chi connectivity index (χ2v) is 16.2. The number of carbonyl (C=O) groups excluding carboxylic acids is 2. The van der Waals surface area contributed by atoms with Gasteiger partial charge in [-0.3, -0.25) is 9.59 Å². The Morgan fingerprint density at radius 3 is 1.49 bits per heavy atom. The van der Waals surface area contributed by atoms with E-state index in [2.05, 4.69) is 86.8 Å². The van der Waals surface area contributed by atoms with E-state index in [0.717, 1.165) is 77.0 Å². The van der Waals surface area contributed by atoms with Crippen molar-refractivity contribution in [1.82, 2.24) is 0 Å². The number of unbranched alkanes of at least 4 members (excludes halogenated alkanes) is 16. The molecule has 0 amide bonds. The molecule has 0 spiro atoms. The highest BCUT2D eigenvalue weighted by molar-refractivity contribution is 5.70. The highest BCUT2D eigenvalue weighted by Gasteiger charge is 2.44. The van der Waals surface area contributed by atoms with Gasteiger partial charge in [-0.15, -0.1) is 0 Å². The zero-order valence-electron chi connectivity index (χ0n) is 38.1. The third-order valence-corrected chi connectivity index (χ3v) is 10.6. The van der Waals surface area contributed by atoms with Gasteiger partial charge in [-0.2, -0.15) is 0 Å². The third-order valence-electron chi connectivity index (χ3n) is 10.6. The summed E-state index contributed by atoms with van der Waals surface area (Å²) in [5, 5.41) is 40.1. The average molecular weight is 859 g/mol. The number of aliphatic hydroxyl groups is 4. The van der Waals surface area contributed by atoms with Gasteiger partial charge in [-0.25, -0.2) is 0 Å². The molecule has 10 heteroatoms. The molecule has 0 aromatic carbocycles. The molecule has 1 aliphatic heterocycles. The zero-order chi connectivity index (χ0) is 44.4. The van der Waals surface area contributed by atoms with E-state index in [0.29, 0.717) is 12.8 Å². The van der Waals surface area contributed by atoms with Crippen molar-refractivity contribution in [2.45, 2.75) is 218 Å². The van der Waals surface area contributed by atoms with Crippen LogP contribution in [0.2, 0.25) is 0 Å². The van der Waals surface area contributed by atoms with E-state index in [1.165, 1.54) is 64.2 Å². The van der Waals surface area contributed by atoms with Crippen LogP contribution in [0.15, 0.2) is 72.9 Å². The monoisotopic (exact) mass is 859 g/mol. The number of rotatable bonds is 39. The van der Waals surface area contributed by atoms with E-state index >= 15 is 0 Å². The van der Waals surface area contributed by atoms with Crippen molar-refractivity contribution in [2.24, 2.45) is 0 Å².